The fourth-order valence-electron chi connectivity index (χ4n) is 5.72. The zero-order valence-electron chi connectivity index (χ0n) is 16.4. The van der Waals surface area contributed by atoms with Crippen LogP contribution in [0.2, 0.25) is 0 Å². The molecule has 2 unspecified atom stereocenters. The van der Waals surface area contributed by atoms with Crippen molar-refractivity contribution < 1.29 is 14.4 Å². The molecule has 0 N–H and O–H groups in total. The van der Waals surface area contributed by atoms with Gasteiger partial charge in [-0.2, -0.15) is 5.10 Å². The molecule has 0 bridgehead atoms. The van der Waals surface area contributed by atoms with E-state index in [1.807, 2.05) is 39.0 Å². The van der Waals surface area contributed by atoms with Crippen molar-refractivity contribution in [3.05, 3.63) is 41.3 Å². The van der Waals surface area contributed by atoms with E-state index in [-0.39, 0.29) is 17.6 Å². The predicted molar refractivity (Wildman–Crippen MR) is 99.7 cm³/mol. The minimum atomic E-state index is -0.942. The number of carbonyl (C=O) groups excluding carboxylic acids is 3. The van der Waals surface area contributed by atoms with Crippen LogP contribution in [0.3, 0.4) is 0 Å². The molecule has 5 rings (SSSR count). The van der Waals surface area contributed by atoms with E-state index in [2.05, 4.69) is 10.1 Å². The van der Waals surface area contributed by atoms with E-state index >= 15 is 0 Å². The van der Waals surface area contributed by atoms with Crippen LogP contribution in [0.15, 0.2) is 24.4 Å². The van der Waals surface area contributed by atoms with E-state index in [9.17, 15) is 14.4 Å². The van der Waals surface area contributed by atoms with Gasteiger partial charge in [-0.3, -0.25) is 19.3 Å². The van der Waals surface area contributed by atoms with Gasteiger partial charge in [0.25, 0.3) is 0 Å². The van der Waals surface area contributed by atoms with E-state index in [4.69, 9.17) is 0 Å². The van der Waals surface area contributed by atoms with Crippen molar-refractivity contribution in [2.75, 3.05) is 6.54 Å². The highest BCUT2D eigenvalue weighted by molar-refractivity contribution is 6.20. The molecular weight excluding hydrogens is 356 g/mol. The summed E-state index contributed by atoms with van der Waals surface area (Å²) in [6.07, 6.45) is 2.25. The Balaban J connectivity index is 1.67. The van der Waals surface area contributed by atoms with Gasteiger partial charge < -0.3 is 0 Å². The van der Waals surface area contributed by atoms with Crippen molar-refractivity contribution >= 4 is 17.6 Å². The first-order chi connectivity index (χ1) is 13.3. The highest BCUT2D eigenvalue weighted by Crippen LogP contribution is 2.74. The number of nitrogens with zero attached hydrogens (tertiary/aromatic N) is 4. The summed E-state index contributed by atoms with van der Waals surface area (Å²) in [4.78, 5) is 45.1. The molecule has 2 atom stereocenters. The number of Topliss-reactive ketones (excluding diaryl/α,β-unsaturated/α-hetero) is 1. The number of imide groups is 1. The molecule has 2 aromatic rings. The van der Waals surface area contributed by atoms with Crippen LogP contribution in [-0.4, -0.2) is 43.8 Å². The summed E-state index contributed by atoms with van der Waals surface area (Å²) in [6, 6.07) is 5.57. The van der Waals surface area contributed by atoms with Crippen LogP contribution in [0, 0.1) is 29.6 Å². The number of aromatic nitrogens is 3. The molecule has 7 heteroatoms. The molecule has 1 saturated heterocycles. The summed E-state index contributed by atoms with van der Waals surface area (Å²) in [5.41, 5.74) is 0.522. The van der Waals surface area contributed by atoms with Crippen LogP contribution < -0.4 is 0 Å². The number of rotatable bonds is 2. The average molecular weight is 378 g/mol. The second-order valence-corrected chi connectivity index (χ2v) is 8.64. The first-order valence-corrected chi connectivity index (χ1v) is 9.67. The molecule has 1 spiro atoms. The molecule has 2 fully saturated rings. The molecule has 7 nitrogen and oxygen atoms in total. The lowest BCUT2D eigenvalue weighted by Gasteiger charge is -2.41. The van der Waals surface area contributed by atoms with Crippen LogP contribution in [0.4, 0.5) is 0 Å². The maximum absolute atomic E-state index is 13.8. The quantitative estimate of drug-likeness (QED) is 0.746. The van der Waals surface area contributed by atoms with E-state index in [1.165, 1.54) is 4.90 Å². The number of pyridine rings is 1. The van der Waals surface area contributed by atoms with Crippen molar-refractivity contribution in [2.24, 2.45) is 22.7 Å². The Morgan fingerprint density at radius 2 is 1.82 bits per heavy atom. The van der Waals surface area contributed by atoms with Gasteiger partial charge in [-0.05, 0) is 37.8 Å². The first kappa shape index (κ1) is 17.3. The molecule has 0 radical (unpaired) electrons. The van der Waals surface area contributed by atoms with E-state index in [1.54, 1.807) is 17.8 Å². The van der Waals surface area contributed by atoms with Gasteiger partial charge in [-0.1, -0.05) is 19.9 Å². The van der Waals surface area contributed by atoms with Crippen LogP contribution in [0.5, 0.6) is 0 Å². The fraction of sp³-hybridized carbons (Fsp3) is 0.476. The van der Waals surface area contributed by atoms with Crippen molar-refractivity contribution in [1.82, 2.24) is 19.7 Å². The maximum atomic E-state index is 13.8. The molecule has 3 heterocycles. The summed E-state index contributed by atoms with van der Waals surface area (Å²) >= 11 is 0. The number of hydrogen-bond donors (Lipinski definition) is 0. The largest absolute Gasteiger partial charge is 0.293 e. The predicted octanol–water partition coefficient (Wildman–Crippen LogP) is 1.96. The molecular formula is C21H22N4O3. The van der Waals surface area contributed by atoms with Gasteiger partial charge in [0, 0.05) is 12.7 Å². The minimum absolute atomic E-state index is 0.106. The normalized spacial score (nSPS) is 30.0. The van der Waals surface area contributed by atoms with Gasteiger partial charge in [0.15, 0.2) is 11.6 Å². The van der Waals surface area contributed by atoms with Crippen LogP contribution >= 0.6 is 0 Å². The Kier molecular flexibility index (Phi) is 3.18. The van der Waals surface area contributed by atoms with Crippen molar-refractivity contribution in [3.63, 3.8) is 0 Å². The van der Waals surface area contributed by atoms with Crippen LogP contribution in [0.1, 0.15) is 42.5 Å². The van der Waals surface area contributed by atoms with Gasteiger partial charge >= 0.3 is 0 Å². The molecule has 144 valence electrons. The third kappa shape index (κ3) is 1.73. The average Bonchev–Trinajstić information content (AvgIpc) is 3.18. The summed E-state index contributed by atoms with van der Waals surface area (Å²) in [5, 5.41) is 4.59. The number of piperidine rings is 1. The van der Waals surface area contributed by atoms with Gasteiger partial charge in [-0.15, -0.1) is 0 Å². The summed E-state index contributed by atoms with van der Waals surface area (Å²) in [5.74, 6) is -0.909. The highest BCUT2D eigenvalue weighted by atomic mass is 16.2. The molecule has 28 heavy (non-hydrogen) atoms. The smallest absolute Gasteiger partial charge is 0.234 e. The van der Waals surface area contributed by atoms with E-state index in [0.717, 1.165) is 5.69 Å². The third-order valence-electron chi connectivity index (χ3n) is 6.94. The SMILES string of the molecule is CCN1C(=O)C2C(C1=O)C21C(=O)c2c(C)nn(-c3ccccn3)c2CC1(C)C. The zero-order valence-corrected chi connectivity index (χ0v) is 16.4. The lowest BCUT2D eigenvalue weighted by Crippen LogP contribution is -2.49. The highest BCUT2D eigenvalue weighted by Gasteiger charge is 2.85. The van der Waals surface area contributed by atoms with Gasteiger partial charge in [0.1, 0.15) is 0 Å². The Bertz CT molecular complexity index is 1030. The zero-order chi connectivity index (χ0) is 20.0. The number of amides is 2. The number of fused-ring (bicyclic) bond motifs is 4. The number of aryl methyl sites for hydroxylation is 1. The summed E-state index contributed by atoms with van der Waals surface area (Å²) in [6.45, 7) is 7.95. The summed E-state index contributed by atoms with van der Waals surface area (Å²) < 4.78 is 1.73. The number of likely N-dealkylation sites (tertiary alicyclic amines) is 1. The van der Waals surface area contributed by atoms with E-state index in [0.29, 0.717) is 30.0 Å². The van der Waals surface area contributed by atoms with Crippen molar-refractivity contribution in [3.8, 4) is 5.82 Å². The lowest BCUT2D eigenvalue weighted by atomic mass is 9.62. The molecule has 2 amide bonds. The molecule has 3 aliphatic rings. The van der Waals surface area contributed by atoms with Crippen molar-refractivity contribution in [2.45, 2.75) is 34.1 Å². The molecule has 2 aliphatic carbocycles. The second kappa shape index (κ2) is 5.16. The fourth-order valence-corrected chi connectivity index (χ4v) is 5.72. The monoisotopic (exact) mass is 378 g/mol. The van der Waals surface area contributed by atoms with E-state index < -0.39 is 22.7 Å². The topological polar surface area (TPSA) is 85.2 Å². The summed E-state index contributed by atoms with van der Waals surface area (Å²) in [7, 11) is 0. The maximum Gasteiger partial charge on any atom is 0.234 e. The number of hydrogen-bond acceptors (Lipinski definition) is 5. The molecule has 0 aromatic carbocycles. The van der Waals surface area contributed by atoms with Gasteiger partial charge in [0.05, 0.1) is 34.2 Å². The standard InChI is InChI=1S/C21H22N4O3/c1-5-24-18(27)15-16(19(24)28)21(15)17(26)14-11(2)23-25(12(14)10-20(21,3)4)13-8-6-7-9-22-13/h6-9,15-16H,5,10H2,1-4H3. The lowest BCUT2D eigenvalue weighted by molar-refractivity contribution is -0.144. The Morgan fingerprint density at radius 3 is 2.39 bits per heavy atom. The second-order valence-electron chi connectivity index (χ2n) is 8.64. The van der Waals surface area contributed by atoms with Crippen LogP contribution in [-0.2, 0) is 16.0 Å². The Labute approximate surface area is 162 Å². The molecule has 1 saturated carbocycles. The van der Waals surface area contributed by atoms with Crippen LogP contribution in [0.25, 0.3) is 5.82 Å². The third-order valence-corrected chi connectivity index (χ3v) is 6.94. The molecule has 1 aliphatic heterocycles. The minimum Gasteiger partial charge on any atom is -0.293 e. The number of carbonyl (C=O) groups is 3. The Morgan fingerprint density at radius 1 is 1.14 bits per heavy atom. The first-order valence-electron chi connectivity index (χ1n) is 9.67. The Hall–Kier alpha value is -2.83. The van der Waals surface area contributed by atoms with Gasteiger partial charge in [0.2, 0.25) is 11.8 Å². The van der Waals surface area contributed by atoms with Gasteiger partial charge in [-0.25, -0.2) is 9.67 Å². The number of ketones is 1. The van der Waals surface area contributed by atoms with Crippen molar-refractivity contribution in [1.29, 1.82) is 0 Å². The molecule has 2 aromatic heterocycles.